The maximum Gasteiger partial charge on any atom is 0.127 e. The minimum Gasteiger partial charge on any atom is -0.458 e. The summed E-state index contributed by atoms with van der Waals surface area (Å²) in [7, 11) is 0. The van der Waals surface area contributed by atoms with E-state index in [0.29, 0.717) is 17.2 Å². The van der Waals surface area contributed by atoms with E-state index in [1.54, 1.807) is 30.3 Å². The van der Waals surface area contributed by atoms with Crippen molar-refractivity contribution in [3.63, 3.8) is 0 Å². The van der Waals surface area contributed by atoms with Crippen LogP contribution in [0.4, 0.5) is 5.69 Å². The summed E-state index contributed by atoms with van der Waals surface area (Å²) in [6, 6.07) is 7.10. The lowest BCUT2D eigenvalue weighted by atomic mass is 10.3. The van der Waals surface area contributed by atoms with Crippen molar-refractivity contribution in [2.24, 2.45) is 0 Å². The molecule has 62 valence electrons. The summed E-state index contributed by atoms with van der Waals surface area (Å²) in [5.41, 5.74) is 6.21. The molecule has 0 fully saturated rings. The Kier molecular flexibility index (Phi) is 2.53. The molecule has 0 unspecified atom stereocenters. The van der Waals surface area contributed by atoms with Gasteiger partial charge in [-0.25, -0.2) is 0 Å². The summed E-state index contributed by atoms with van der Waals surface area (Å²) in [5.74, 6) is 1.24. The van der Waals surface area contributed by atoms with Crippen LogP contribution in [0.2, 0.25) is 0 Å². The first kappa shape index (κ1) is 8.40. The summed E-state index contributed by atoms with van der Waals surface area (Å²) >= 11 is 0. The topological polar surface area (TPSA) is 35.2 Å². The highest BCUT2D eigenvalue weighted by molar-refractivity contribution is 5.42. The molecule has 0 aliphatic heterocycles. The molecule has 0 aliphatic rings. The maximum atomic E-state index is 5.49. The van der Waals surface area contributed by atoms with Crippen LogP contribution in [0.15, 0.2) is 49.3 Å². The van der Waals surface area contributed by atoms with Crippen LogP contribution in [0.25, 0.3) is 0 Å². The molecule has 0 heterocycles. The molecule has 0 radical (unpaired) electrons. The van der Waals surface area contributed by atoms with Gasteiger partial charge in [0.2, 0.25) is 0 Å². The Labute approximate surface area is 72.0 Å². The van der Waals surface area contributed by atoms with Crippen LogP contribution in [0, 0.1) is 0 Å². The Morgan fingerprint density at radius 3 is 2.42 bits per heavy atom. The van der Waals surface area contributed by atoms with Crippen molar-refractivity contribution in [1.29, 1.82) is 0 Å². The molecular weight excluding hydrogens is 150 g/mol. The number of benzene rings is 1. The molecule has 0 amide bonds. The second kappa shape index (κ2) is 3.62. The van der Waals surface area contributed by atoms with Gasteiger partial charge in [0.1, 0.15) is 11.5 Å². The van der Waals surface area contributed by atoms with Crippen LogP contribution < -0.4 is 10.5 Å². The van der Waals surface area contributed by atoms with Gasteiger partial charge in [-0.1, -0.05) is 13.2 Å². The first-order valence-corrected chi connectivity index (χ1v) is 3.57. The largest absolute Gasteiger partial charge is 0.458 e. The number of hydrogen-bond acceptors (Lipinski definition) is 2. The third-order valence-corrected chi connectivity index (χ3v) is 1.36. The lowest BCUT2D eigenvalue weighted by Gasteiger charge is -2.03. The Morgan fingerprint density at radius 1 is 1.33 bits per heavy atom. The predicted octanol–water partition coefficient (Wildman–Crippen LogP) is 2.35. The van der Waals surface area contributed by atoms with E-state index in [0.717, 1.165) is 0 Å². The average molecular weight is 161 g/mol. The molecule has 0 aromatic heterocycles. The van der Waals surface area contributed by atoms with Crippen molar-refractivity contribution < 1.29 is 4.74 Å². The van der Waals surface area contributed by atoms with Gasteiger partial charge in [-0.3, -0.25) is 0 Å². The lowest BCUT2D eigenvalue weighted by Crippen LogP contribution is -1.90. The van der Waals surface area contributed by atoms with E-state index in [9.17, 15) is 0 Å². The van der Waals surface area contributed by atoms with Crippen molar-refractivity contribution >= 4 is 5.69 Å². The van der Waals surface area contributed by atoms with Crippen LogP contribution in [-0.4, -0.2) is 0 Å². The number of hydrogen-bond donors (Lipinski definition) is 1. The van der Waals surface area contributed by atoms with Crippen molar-refractivity contribution in [2.45, 2.75) is 0 Å². The number of anilines is 1. The molecule has 0 saturated carbocycles. The molecule has 0 saturated heterocycles. The monoisotopic (exact) mass is 161 g/mol. The third-order valence-electron chi connectivity index (χ3n) is 1.36. The van der Waals surface area contributed by atoms with E-state index in [1.165, 1.54) is 0 Å². The number of nitrogens with two attached hydrogens (primary N) is 1. The van der Waals surface area contributed by atoms with Crippen molar-refractivity contribution in [3.05, 3.63) is 49.3 Å². The Bertz CT molecular complexity index is 287. The summed E-state index contributed by atoms with van der Waals surface area (Å²) in [6.07, 6.45) is 1.55. The van der Waals surface area contributed by atoms with Gasteiger partial charge in [0, 0.05) is 5.69 Å². The van der Waals surface area contributed by atoms with E-state index in [-0.39, 0.29) is 0 Å². The molecule has 2 N–H and O–H groups in total. The molecule has 12 heavy (non-hydrogen) atoms. The van der Waals surface area contributed by atoms with E-state index >= 15 is 0 Å². The number of allylic oxidation sites excluding steroid dienone is 1. The first-order valence-electron chi connectivity index (χ1n) is 3.57. The fourth-order valence-electron chi connectivity index (χ4n) is 0.729. The maximum absolute atomic E-state index is 5.49. The third kappa shape index (κ3) is 2.16. The summed E-state index contributed by atoms with van der Waals surface area (Å²) in [5, 5.41) is 0. The fourth-order valence-corrected chi connectivity index (χ4v) is 0.729. The number of ether oxygens (including phenoxy) is 1. The lowest BCUT2D eigenvalue weighted by molar-refractivity contribution is 0.447. The van der Waals surface area contributed by atoms with E-state index in [2.05, 4.69) is 13.2 Å². The second-order valence-corrected chi connectivity index (χ2v) is 2.34. The normalized spacial score (nSPS) is 9.00. The molecular formula is C10H11NO. The van der Waals surface area contributed by atoms with Crippen molar-refractivity contribution in [1.82, 2.24) is 0 Å². The van der Waals surface area contributed by atoms with Gasteiger partial charge in [-0.2, -0.15) is 0 Å². The molecule has 2 nitrogen and oxygen atoms in total. The first-order chi connectivity index (χ1) is 5.72. The smallest absolute Gasteiger partial charge is 0.127 e. The molecule has 2 heteroatoms. The number of rotatable bonds is 3. The van der Waals surface area contributed by atoms with Gasteiger partial charge in [0.25, 0.3) is 0 Å². The summed E-state index contributed by atoms with van der Waals surface area (Å²) in [6.45, 7) is 7.14. The Hall–Kier alpha value is -1.70. The van der Waals surface area contributed by atoms with Gasteiger partial charge >= 0.3 is 0 Å². The Balaban J connectivity index is 2.71. The highest BCUT2D eigenvalue weighted by Gasteiger charge is 1.92. The van der Waals surface area contributed by atoms with Gasteiger partial charge in [-0.15, -0.1) is 0 Å². The van der Waals surface area contributed by atoms with Crippen LogP contribution in [-0.2, 0) is 0 Å². The highest BCUT2D eigenvalue weighted by atomic mass is 16.5. The zero-order valence-corrected chi connectivity index (χ0v) is 6.79. The van der Waals surface area contributed by atoms with E-state index in [1.807, 2.05) is 0 Å². The molecule has 0 aliphatic carbocycles. The molecule has 0 spiro atoms. The number of nitrogen functional groups attached to an aromatic ring is 1. The van der Waals surface area contributed by atoms with Gasteiger partial charge in [0.15, 0.2) is 0 Å². The standard InChI is InChI=1S/C10H11NO/c1-3-8(2)12-10-6-4-9(11)5-7-10/h3-7H,1-2,11H2. The molecule has 1 aromatic carbocycles. The minimum absolute atomic E-state index is 0.528. The average Bonchev–Trinajstić information content (AvgIpc) is 2.09. The van der Waals surface area contributed by atoms with Gasteiger partial charge in [0.05, 0.1) is 0 Å². The highest BCUT2D eigenvalue weighted by Crippen LogP contribution is 2.15. The molecule has 1 aromatic rings. The molecule has 0 atom stereocenters. The zero-order chi connectivity index (χ0) is 8.97. The van der Waals surface area contributed by atoms with Crippen LogP contribution in [0.1, 0.15) is 0 Å². The van der Waals surface area contributed by atoms with Gasteiger partial charge < -0.3 is 10.5 Å². The van der Waals surface area contributed by atoms with Crippen molar-refractivity contribution in [2.75, 3.05) is 5.73 Å². The van der Waals surface area contributed by atoms with E-state index in [4.69, 9.17) is 10.5 Å². The SMILES string of the molecule is C=CC(=C)Oc1ccc(N)cc1. The van der Waals surface area contributed by atoms with Crippen LogP contribution >= 0.6 is 0 Å². The summed E-state index contributed by atoms with van der Waals surface area (Å²) in [4.78, 5) is 0. The Morgan fingerprint density at radius 2 is 1.92 bits per heavy atom. The van der Waals surface area contributed by atoms with Crippen LogP contribution in [0.5, 0.6) is 5.75 Å². The zero-order valence-electron chi connectivity index (χ0n) is 6.79. The second-order valence-electron chi connectivity index (χ2n) is 2.34. The van der Waals surface area contributed by atoms with Crippen molar-refractivity contribution in [3.8, 4) is 5.75 Å². The predicted molar refractivity (Wildman–Crippen MR) is 50.8 cm³/mol. The van der Waals surface area contributed by atoms with Gasteiger partial charge in [-0.05, 0) is 30.3 Å². The van der Waals surface area contributed by atoms with E-state index < -0.39 is 0 Å². The summed E-state index contributed by atoms with van der Waals surface area (Å²) < 4.78 is 5.25. The quantitative estimate of drug-likeness (QED) is 0.419. The minimum atomic E-state index is 0.528. The van der Waals surface area contributed by atoms with Crippen LogP contribution in [0.3, 0.4) is 0 Å². The molecule has 1 rings (SSSR count). The fraction of sp³-hybridized carbons (Fsp3) is 0. The molecule has 0 bridgehead atoms.